The van der Waals surface area contributed by atoms with Crippen LogP contribution < -0.4 is 5.32 Å². The molecular formula is C8H9N3O2. The van der Waals surface area contributed by atoms with Crippen molar-refractivity contribution < 1.29 is 4.92 Å². The molecule has 5 heteroatoms. The molecule has 68 valence electrons. The van der Waals surface area contributed by atoms with E-state index in [1.807, 2.05) is 0 Å². The minimum Gasteiger partial charge on any atom is -0.341 e. The van der Waals surface area contributed by atoms with E-state index < -0.39 is 4.92 Å². The molecule has 5 nitrogen and oxygen atoms in total. The van der Waals surface area contributed by atoms with Crippen LogP contribution >= 0.6 is 0 Å². The summed E-state index contributed by atoms with van der Waals surface area (Å²) in [6.07, 6.45) is 2.92. The van der Waals surface area contributed by atoms with Crippen LogP contribution in [0.1, 0.15) is 6.92 Å². The van der Waals surface area contributed by atoms with Crippen LogP contribution in [-0.2, 0) is 0 Å². The first-order chi connectivity index (χ1) is 6.20. The third kappa shape index (κ3) is 2.90. The molecule has 1 aromatic rings. The first kappa shape index (κ1) is 9.18. The van der Waals surface area contributed by atoms with Gasteiger partial charge in [0.15, 0.2) is 0 Å². The van der Waals surface area contributed by atoms with Crippen LogP contribution in [0.2, 0.25) is 0 Å². The Hall–Kier alpha value is -1.91. The quantitative estimate of drug-likeness (QED) is 0.565. The number of nitrogens with one attached hydrogen (secondary N) is 1. The largest absolute Gasteiger partial charge is 0.341 e. The molecule has 0 aliphatic carbocycles. The Bertz CT molecular complexity index is 321. The van der Waals surface area contributed by atoms with E-state index in [-0.39, 0.29) is 5.70 Å². The van der Waals surface area contributed by atoms with Crippen LogP contribution in [-0.4, -0.2) is 9.91 Å². The van der Waals surface area contributed by atoms with Crippen LogP contribution in [0.3, 0.4) is 0 Å². The fourth-order valence-electron chi connectivity index (χ4n) is 0.679. The normalized spacial score (nSPS) is 11.0. The van der Waals surface area contributed by atoms with Gasteiger partial charge in [0.05, 0.1) is 11.1 Å². The summed E-state index contributed by atoms with van der Waals surface area (Å²) < 4.78 is 0. The lowest BCUT2D eigenvalue weighted by Gasteiger charge is -1.96. The van der Waals surface area contributed by atoms with E-state index in [1.54, 1.807) is 24.4 Å². The van der Waals surface area contributed by atoms with Gasteiger partial charge in [-0.05, 0) is 12.1 Å². The number of hydrogen-bond acceptors (Lipinski definition) is 4. The molecule has 1 aromatic heterocycles. The number of pyridine rings is 1. The summed E-state index contributed by atoms with van der Waals surface area (Å²) in [7, 11) is 0. The molecule has 0 amide bonds. The minimum atomic E-state index is -0.462. The van der Waals surface area contributed by atoms with E-state index in [0.29, 0.717) is 5.82 Å². The van der Waals surface area contributed by atoms with Gasteiger partial charge in [0.25, 0.3) is 5.70 Å². The number of rotatable bonds is 3. The highest BCUT2D eigenvalue weighted by Crippen LogP contribution is 2.01. The summed E-state index contributed by atoms with van der Waals surface area (Å²) in [6, 6.07) is 5.30. The lowest BCUT2D eigenvalue weighted by Crippen LogP contribution is -1.98. The Morgan fingerprint density at radius 1 is 1.69 bits per heavy atom. The van der Waals surface area contributed by atoms with Crippen molar-refractivity contribution >= 4 is 5.82 Å². The Morgan fingerprint density at radius 2 is 2.46 bits per heavy atom. The first-order valence-corrected chi connectivity index (χ1v) is 3.69. The molecule has 0 unspecified atom stereocenters. The summed E-state index contributed by atoms with van der Waals surface area (Å²) in [6.45, 7) is 1.41. The molecule has 0 saturated carbocycles. The van der Waals surface area contributed by atoms with Crippen LogP contribution in [0.25, 0.3) is 0 Å². The van der Waals surface area contributed by atoms with Gasteiger partial charge in [-0.1, -0.05) is 6.07 Å². The van der Waals surface area contributed by atoms with Gasteiger partial charge in [-0.15, -0.1) is 0 Å². The van der Waals surface area contributed by atoms with E-state index in [1.165, 1.54) is 13.1 Å². The zero-order valence-electron chi connectivity index (χ0n) is 7.10. The predicted octanol–water partition coefficient (Wildman–Crippen LogP) is 1.63. The number of anilines is 1. The average molecular weight is 179 g/mol. The summed E-state index contributed by atoms with van der Waals surface area (Å²) in [5, 5.41) is 12.9. The molecule has 0 bridgehead atoms. The van der Waals surface area contributed by atoms with E-state index in [9.17, 15) is 10.1 Å². The number of nitrogens with zero attached hydrogens (tertiary/aromatic N) is 2. The van der Waals surface area contributed by atoms with Crippen molar-refractivity contribution in [1.29, 1.82) is 0 Å². The molecule has 0 radical (unpaired) electrons. The molecular weight excluding hydrogens is 170 g/mol. The molecule has 0 spiro atoms. The Labute approximate surface area is 75.3 Å². The molecule has 13 heavy (non-hydrogen) atoms. The summed E-state index contributed by atoms with van der Waals surface area (Å²) in [5.41, 5.74) is 0.0469. The molecule has 0 atom stereocenters. The second-order valence-corrected chi connectivity index (χ2v) is 2.40. The molecule has 0 fully saturated rings. The Kier molecular flexibility index (Phi) is 2.97. The van der Waals surface area contributed by atoms with Crippen molar-refractivity contribution in [2.75, 3.05) is 5.32 Å². The van der Waals surface area contributed by atoms with Gasteiger partial charge in [0, 0.05) is 13.1 Å². The lowest BCUT2D eigenvalue weighted by molar-refractivity contribution is -0.424. The molecule has 1 rings (SSSR count). The maximum Gasteiger partial charge on any atom is 0.259 e. The Morgan fingerprint density at radius 3 is 3.00 bits per heavy atom. The number of hydrogen-bond donors (Lipinski definition) is 1. The van der Waals surface area contributed by atoms with Crippen molar-refractivity contribution in [3.8, 4) is 0 Å². The van der Waals surface area contributed by atoms with Gasteiger partial charge in [0.2, 0.25) is 0 Å². The third-order valence-corrected chi connectivity index (χ3v) is 1.38. The van der Waals surface area contributed by atoms with E-state index in [0.717, 1.165) is 0 Å². The van der Waals surface area contributed by atoms with Gasteiger partial charge in [-0.2, -0.15) is 0 Å². The predicted molar refractivity (Wildman–Crippen MR) is 48.6 cm³/mol. The Balaban J connectivity index is 2.62. The fourth-order valence-corrected chi connectivity index (χ4v) is 0.679. The van der Waals surface area contributed by atoms with Gasteiger partial charge < -0.3 is 5.32 Å². The monoisotopic (exact) mass is 179 g/mol. The molecule has 0 aliphatic rings. The van der Waals surface area contributed by atoms with Gasteiger partial charge >= 0.3 is 0 Å². The molecule has 0 saturated heterocycles. The van der Waals surface area contributed by atoms with Gasteiger partial charge in [-0.3, -0.25) is 10.1 Å². The topological polar surface area (TPSA) is 68.1 Å². The fraction of sp³-hybridized carbons (Fsp3) is 0.125. The number of aromatic nitrogens is 1. The van der Waals surface area contributed by atoms with Crippen molar-refractivity contribution in [3.63, 3.8) is 0 Å². The van der Waals surface area contributed by atoms with Crippen molar-refractivity contribution in [1.82, 2.24) is 4.98 Å². The highest BCUT2D eigenvalue weighted by Gasteiger charge is 1.99. The van der Waals surface area contributed by atoms with Crippen molar-refractivity contribution in [3.05, 3.63) is 46.4 Å². The second kappa shape index (κ2) is 4.20. The van der Waals surface area contributed by atoms with Crippen LogP contribution in [0.4, 0.5) is 5.82 Å². The maximum absolute atomic E-state index is 10.2. The molecule has 1 heterocycles. The summed E-state index contributed by atoms with van der Waals surface area (Å²) in [4.78, 5) is 13.7. The lowest BCUT2D eigenvalue weighted by atomic mass is 10.4. The van der Waals surface area contributed by atoms with Crippen molar-refractivity contribution in [2.45, 2.75) is 6.92 Å². The summed E-state index contributed by atoms with van der Waals surface area (Å²) >= 11 is 0. The minimum absolute atomic E-state index is 0.0469. The zero-order chi connectivity index (χ0) is 9.68. The van der Waals surface area contributed by atoms with Crippen LogP contribution in [0.15, 0.2) is 36.3 Å². The van der Waals surface area contributed by atoms with Crippen molar-refractivity contribution in [2.24, 2.45) is 0 Å². The van der Waals surface area contributed by atoms with Gasteiger partial charge in [-0.25, -0.2) is 4.98 Å². The van der Waals surface area contributed by atoms with Crippen LogP contribution in [0.5, 0.6) is 0 Å². The maximum atomic E-state index is 10.2. The van der Waals surface area contributed by atoms with E-state index in [4.69, 9.17) is 0 Å². The first-order valence-electron chi connectivity index (χ1n) is 3.69. The van der Waals surface area contributed by atoms with Crippen LogP contribution in [0, 0.1) is 10.1 Å². The molecule has 0 aromatic carbocycles. The van der Waals surface area contributed by atoms with Gasteiger partial charge in [0.1, 0.15) is 5.82 Å². The number of allylic oxidation sites excluding steroid dienone is 1. The summed E-state index contributed by atoms with van der Waals surface area (Å²) in [5.74, 6) is 0.587. The SMILES string of the molecule is C/C(=C/Nc1ccccn1)[N+](=O)[O-]. The second-order valence-electron chi connectivity index (χ2n) is 2.40. The van der Waals surface area contributed by atoms with E-state index >= 15 is 0 Å². The zero-order valence-corrected chi connectivity index (χ0v) is 7.10. The smallest absolute Gasteiger partial charge is 0.259 e. The highest BCUT2D eigenvalue weighted by molar-refractivity contribution is 5.36. The number of nitro groups is 1. The standard InChI is InChI=1S/C8H9N3O2/c1-7(11(12)13)6-10-8-4-2-3-5-9-8/h2-6H,1H3,(H,9,10)/b7-6-. The third-order valence-electron chi connectivity index (χ3n) is 1.38. The molecule has 1 N–H and O–H groups in total. The average Bonchev–Trinajstić information content (AvgIpc) is 2.15. The molecule has 0 aliphatic heterocycles. The highest BCUT2D eigenvalue weighted by atomic mass is 16.6. The van der Waals surface area contributed by atoms with E-state index in [2.05, 4.69) is 10.3 Å².